The van der Waals surface area contributed by atoms with Crippen LogP contribution in [0.2, 0.25) is 0 Å². The minimum Gasteiger partial charge on any atom is -0.494 e. The molecule has 0 aromatic heterocycles. The van der Waals surface area contributed by atoms with Crippen LogP contribution >= 0.6 is 0 Å². The standard InChI is InChI=1S/C14H20O2/c1-3-13(15)9-5-7-12-8-6-10-14(11-12)16-4-2/h6,8,10-11H,3-5,7,9H2,1-2H3. The molecular formula is C14H20O2. The first-order valence-corrected chi connectivity index (χ1v) is 5.99. The van der Waals surface area contributed by atoms with Crippen LogP contribution in [0.5, 0.6) is 5.75 Å². The number of hydrogen-bond acceptors (Lipinski definition) is 2. The molecule has 0 unspecified atom stereocenters. The molecule has 1 rings (SSSR count). The molecule has 88 valence electrons. The minimum absolute atomic E-state index is 0.348. The monoisotopic (exact) mass is 220 g/mol. The van der Waals surface area contributed by atoms with Gasteiger partial charge in [-0.15, -0.1) is 0 Å². The van der Waals surface area contributed by atoms with Crippen LogP contribution < -0.4 is 4.74 Å². The molecule has 0 heterocycles. The van der Waals surface area contributed by atoms with Gasteiger partial charge < -0.3 is 4.74 Å². The summed E-state index contributed by atoms with van der Waals surface area (Å²) in [6.07, 6.45) is 3.23. The van der Waals surface area contributed by atoms with E-state index in [1.807, 2.05) is 26.0 Å². The Labute approximate surface area is 97.6 Å². The first-order valence-electron chi connectivity index (χ1n) is 5.99. The largest absolute Gasteiger partial charge is 0.494 e. The fraction of sp³-hybridized carbons (Fsp3) is 0.500. The summed E-state index contributed by atoms with van der Waals surface area (Å²) < 4.78 is 5.43. The lowest BCUT2D eigenvalue weighted by atomic mass is 10.1. The van der Waals surface area contributed by atoms with Crippen molar-refractivity contribution in [1.82, 2.24) is 0 Å². The van der Waals surface area contributed by atoms with Gasteiger partial charge in [-0.25, -0.2) is 0 Å². The Morgan fingerprint density at radius 1 is 1.31 bits per heavy atom. The molecule has 0 saturated carbocycles. The molecule has 0 aliphatic carbocycles. The third-order valence-electron chi connectivity index (χ3n) is 2.52. The molecule has 0 radical (unpaired) electrons. The van der Waals surface area contributed by atoms with E-state index >= 15 is 0 Å². The summed E-state index contributed by atoms with van der Waals surface area (Å²) in [6.45, 7) is 4.59. The van der Waals surface area contributed by atoms with Gasteiger partial charge >= 0.3 is 0 Å². The second-order valence-corrected chi connectivity index (χ2v) is 3.83. The first kappa shape index (κ1) is 12.8. The summed E-state index contributed by atoms with van der Waals surface area (Å²) >= 11 is 0. The van der Waals surface area contributed by atoms with Gasteiger partial charge in [0.05, 0.1) is 6.61 Å². The van der Waals surface area contributed by atoms with Crippen LogP contribution in [0.4, 0.5) is 0 Å². The molecule has 0 spiro atoms. The van der Waals surface area contributed by atoms with Crippen LogP contribution in [-0.4, -0.2) is 12.4 Å². The smallest absolute Gasteiger partial charge is 0.132 e. The van der Waals surface area contributed by atoms with E-state index in [9.17, 15) is 4.79 Å². The van der Waals surface area contributed by atoms with E-state index in [0.29, 0.717) is 25.2 Å². The van der Waals surface area contributed by atoms with Crippen molar-refractivity contribution in [2.45, 2.75) is 39.5 Å². The number of carbonyl (C=O) groups excluding carboxylic acids is 1. The number of ether oxygens (including phenoxy) is 1. The van der Waals surface area contributed by atoms with E-state index in [1.54, 1.807) is 0 Å². The summed E-state index contributed by atoms with van der Waals surface area (Å²) in [5.41, 5.74) is 1.25. The zero-order valence-corrected chi connectivity index (χ0v) is 10.2. The highest BCUT2D eigenvalue weighted by atomic mass is 16.5. The molecule has 0 aliphatic heterocycles. The normalized spacial score (nSPS) is 10.1. The lowest BCUT2D eigenvalue weighted by molar-refractivity contribution is -0.118. The fourth-order valence-electron chi connectivity index (χ4n) is 1.62. The lowest BCUT2D eigenvalue weighted by Crippen LogP contribution is -1.97. The molecule has 0 aliphatic rings. The molecule has 0 N–H and O–H groups in total. The number of carbonyl (C=O) groups is 1. The average molecular weight is 220 g/mol. The third kappa shape index (κ3) is 4.47. The van der Waals surface area contributed by atoms with Gasteiger partial charge in [-0.05, 0) is 37.5 Å². The van der Waals surface area contributed by atoms with Gasteiger partial charge in [0.15, 0.2) is 0 Å². The Morgan fingerprint density at radius 3 is 2.81 bits per heavy atom. The molecule has 0 saturated heterocycles. The topological polar surface area (TPSA) is 26.3 Å². The summed E-state index contributed by atoms with van der Waals surface area (Å²) in [6, 6.07) is 8.10. The van der Waals surface area contributed by atoms with Crippen LogP contribution in [0.1, 0.15) is 38.7 Å². The van der Waals surface area contributed by atoms with Crippen LogP contribution in [0, 0.1) is 0 Å². The Bertz CT molecular complexity index is 331. The molecule has 1 aromatic carbocycles. The van der Waals surface area contributed by atoms with Crippen LogP contribution in [0.3, 0.4) is 0 Å². The summed E-state index contributed by atoms with van der Waals surface area (Å²) in [7, 11) is 0. The maximum Gasteiger partial charge on any atom is 0.132 e. The van der Waals surface area contributed by atoms with Gasteiger partial charge in [0, 0.05) is 12.8 Å². The first-order chi connectivity index (χ1) is 7.76. The van der Waals surface area contributed by atoms with E-state index < -0.39 is 0 Å². The Morgan fingerprint density at radius 2 is 2.12 bits per heavy atom. The zero-order valence-electron chi connectivity index (χ0n) is 10.2. The van der Waals surface area contributed by atoms with E-state index in [0.717, 1.165) is 18.6 Å². The van der Waals surface area contributed by atoms with E-state index in [2.05, 4.69) is 12.1 Å². The van der Waals surface area contributed by atoms with Crippen molar-refractivity contribution < 1.29 is 9.53 Å². The summed E-state index contributed by atoms with van der Waals surface area (Å²) in [4.78, 5) is 11.1. The van der Waals surface area contributed by atoms with Gasteiger partial charge in [-0.2, -0.15) is 0 Å². The number of Topliss-reactive ketones (excluding diaryl/α,β-unsaturated/α-hetero) is 1. The van der Waals surface area contributed by atoms with Crippen molar-refractivity contribution in [2.75, 3.05) is 6.61 Å². The maximum absolute atomic E-state index is 11.1. The second kappa shape index (κ2) is 7.04. The fourth-order valence-corrected chi connectivity index (χ4v) is 1.62. The molecule has 1 aromatic rings. The quantitative estimate of drug-likeness (QED) is 0.704. The molecule has 0 amide bonds. The number of ketones is 1. The highest BCUT2D eigenvalue weighted by Crippen LogP contribution is 2.15. The molecule has 2 nitrogen and oxygen atoms in total. The van der Waals surface area contributed by atoms with Gasteiger partial charge in [0.1, 0.15) is 11.5 Å². The SMILES string of the molecule is CCOc1cccc(CCCC(=O)CC)c1. The van der Waals surface area contributed by atoms with Crippen molar-refractivity contribution in [3.63, 3.8) is 0 Å². The highest BCUT2D eigenvalue weighted by molar-refractivity contribution is 5.77. The third-order valence-corrected chi connectivity index (χ3v) is 2.52. The Kier molecular flexibility index (Phi) is 5.62. The Hall–Kier alpha value is -1.31. The molecular weight excluding hydrogens is 200 g/mol. The predicted molar refractivity (Wildman–Crippen MR) is 65.8 cm³/mol. The Balaban J connectivity index is 2.41. The number of benzene rings is 1. The van der Waals surface area contributed by atoms with Crippen LogP contribution in [0.15, 0.2) is 24.3 Å². The zero-order chi connectivity index (χ0) is 11.8. The number of aryl methyl sites for hydroxylation is 1. The van der Waals surface area contributed by atoms with Crippen molar-refractivity contribution in [3.05, 3.63) is 29.8 Å². The van der Waals surface area contributed by atoms with Crippen molar-refractivity contribution in [1.29, 1.82) is 0 Å². The summed E-state index contributed by atoms with van der Waals surface area (Å²) in [5, 5.41) is 0. The predicted octanol–water partition coefficient (Wildman–Crippen LogP) is 3.39. The van der Waals surface area contributed by atoms with E-state index in [1.165, 1.54) is 5.56 Å². The molecule has 0 atom stereocenters. The summed E-state index contributed by atoms with van der Waals surface area (Å²) in [5.74, 6) is 1.27. The van der Waals surface area contributed by atoms with Crippen molar-refractivity contribution in [3.8, 4) is 5.75 Å². The van der Waals surface area contributed by atoms with Crippen molar-refractivity contribution in [2.24, 2.45) is 0 Å². The van der Waals surface area contributed by atoms with Crippen LogP contribution in [-0.2, 0) is 11.2 Å². The highest BCUT2D eigenvalue weighted by Gasteiger charge is 2.00. The maximum atomic E-state index is 11.1. The van der Waals surface area contributed by atoms with Crippen molar-refractivity contribution >= 4 is 5.78 Å². The van der Waals surface area contributed by atoms with Gasteiger partial charge in [-0.1, -0.05) is 19.1 Å². The molecule has 0 bridgehead atoms. The van der Waals surface area contributed by atoms with Gasteiger partial charge in [0.25, 0.3) is 0 Å². The lowest BCUT2D eigenvalue weighted by Gasteiger charge is -2.05. The average Bonchev–Trinajstić information content (AvgIpc) is 2.30. The van der Waals surface area contributed by atoms with Gasteiger partial charge in [0.2, 0.25) is 0 Å². The van der Waals surface area contributed by atoms with Crippen LogP contribution in [0.25, 0.3) is 0 Å². The number of hydrogen-bond donors (Lipinski definition) is 0. The minimum atomic E-state index is 0.348. The molecule has 2 heteroatoms. The van der Waals surface area contributed by atoms with E-state index in [4.69, 9.17) is 4.74 Å². The van der Waals surface area contributed by atoms with Gasteiger partial charge in [-0.3, -0.25) is 4.79 Å². The second-order valence-electron chi connectivity index (χ2n) is 3.83. The molecule has 16 heavy (non-hydrogen) atoms. The molecule has 0 fully saturated rings. The van der Waals surface area contributed by atoms with E-state index in [-0.39, 0.29) is 0 Å². The number of rotatable bonds is 7.